The van der Waals surface area contributed by atoms with Crippen LogP contribution in [0.5, 0.6) is 0 Å². The number of carbonyl (C=O) groups excluding carboxylic acids is 1. The van der Waals surface area contributed by atoms with Crippen LogP contribution in [0.15, 0.2) is 18.3 Å². The molecule has 0 aliphatic carbocycles. The van der Waals surface area contributed by atoms with Gasteiger partial charge in [-0.25, -0.2) is 0 Å². The van der Waals surface area contributed by atoms with Gasteiger partial charge in [0.1, 0.15) is 6.10 Å². The van der Waals surface area contributed by atoms with E-state index in [-0.39, 0.29) is 12.0 Å². The molecule has 0 aromatic carbocycles. The van der Waals surface area contributed by atoms with Crippen molar-refractivity contribution in [2.45, 2.75) is 32.0 Å². The summed E-state index contributed by atoms with van der Waals surface area (Å²) in [5.41, 5.74) is 2.18. The van der Waals surface area contributed by atoms with E-state index in [9.17, 15) is 4.79 Å². The summed E-state index contributed by atoms with van der Waals surface area (Å²) in [5.74, 6) is 0.121. The summed E-state index contributed by atoms with van der Waals surface area (Å²) in [6, 6.07) is 3.95. The first kappa shape index (κ1) is 9.78. The minimum atomic E-state index is -0.214. The Hall–Kier alpha value is -1.42. The predicted molar refractivity (Wildman–Crippen MR) is 57.5 cm³/mol. The maximum atomic E-state index is 12.1. The molecule has 16 heavy (non-hydrogen) atoms. The van der Waals surface area contributed by atoms with Crippen molar-refractivity contribution in [3.63, 3.8) is 0 Å². The molecule has 4 nitrogen and oxygen atoms in total. The molecule has 1 amide bonds. The summed E-state index contributed by atoms with van der Waals surface area (Å²) < 4.78 is 5.41. The summed E-state index contributed by atoms with van der Waals surface area (Å²) in [7, 11) is 0. The number of amides is 1. The summed E-state index contributed by atoms with van der Waals surface area (Å²) in [4.78, 5) is 18.2. The molecule has 4 heteroatoms. The highest BCUT2D eigenvalue weighted by Crippen LogP contribution is 2.23. The highest BCUT2D eigenvalue weighted by atomic mass is 16.5. The Labute approximate surface area is 94.2 Å². The Morgan fingerprint density at radius 1 is 1.50 bits per heavy atom. The van der Waals surface area contributed by atoms with Gasteiger partial charge >= 0.3 is 0 Å². The standard InChI is InChI=1S/C12H14N2O2/c15-12(11-4-2-6-16-11)14-7-9-3-1-5-13-10(9)8-14/h1,3,5,11H,2,4,6-8H2. The fraction of sp³-hybridized carbons (Fsp3) is 0.500. The van der Waals surface area contributed by atoms with E-state index < -0.39 is 0 Å². The Kier molecular flexibility index (Phi) is 2.36. The summed E-state index contributed by atoms with van der Waals surface area (Å²) >= 11 is 0. The molecule has 0 N–H and O–H groups in total. The number of hydrogen-bond acceptors (Lipinski definition) is 3. The molecule has 1 aromatic heterocycles. The molecule has 2 aliphatic rings. The van der Waals surface area contributed by atoms with Crippen molar-refractivity contribution >= 4 is 5.91 Å². The Bertz CT molecular complexity index is 388. The Morgan fingerprint density at radius 3 is 3.19 bits per heavy atom. The van der Waals surface area contributed by atoms with Gasteiger partial charge in [0, 0.05) is 19.3 Å². The molecule has 1 atom stereocenters. The third kappa shape index (κ3) is 1.59. The number of nitrogens with zero attached hydrogens (tertiary/aromatic N) is 2. The fourth-order valence-corrected chi connectivity index (χ4v) is 2.33. The van der Waals surface area contributed by atoms with Crippen molar-refractivity contribution in [1.82, 2.24) is 9.88 Å². The van der Waals surface area contributed by atoms with Gasteiger partial charge < -0.3 is 9.64 Å². The van der Waals surface area contributed by atoms with Gasteiger partial charge in [-0.1, -0.05) is 6.07 Å². The molecule has 0 bridgehead atoms. The van der Waals surface area contributed by atoms with Crippen LogP contribution >= 0.6 is 0 Å². The third-order valence-electron chi connectivity index (χ3n) is 3.20. The number of carbonyl (C=O) groups is 1. The normalized spacial score (nSPS) is 23.5. The molecule has 0 spiro atoms. The first-order chi connectivity index (χ1) is 7.84. The Morgan fingerprint density at radius 2 is 2.44 bits per heavy atom. The highest BCUT2D eigenvalue weighted by molar-refractivity contribution is 5.81. The lowest BCUT2D eigenvalue weighted by Crippen LogP contribution is -2.35. The van der Waals surface area contributed by atoms with Crippen LogP contribution in [-0.4, -0.2) is 28.5 Å². The molecule has 1 saturated heterocycles. The summed E-state index contributed by atoms with van der Waals surface area (Å²) in [6.45, 7) is 2.03. The van der Waals surface area contributed by atoms with E-state index in [1.165, 1.54) is 0 Å². The van der Waals surface area contributed by atoms with Crippen LogP contribution in [0.1, 0.15) is 24.1 Å². The van der Waals surface area contributed by atoms with Gasteiger partial charge in [0.15, 0.2) is 0 Å². The van der Waals surface area contributed by atoms with E-state index in [0.717, 1.165) is 30.7 Å². The largest absolute Gasteiger partial charge is 0.368 e. The van der Waals surface area contributed by atoms with Crippen LogP contribution in [0.4, 0.5) is 0 Å². The van der Waals surface area contributed by atoms with Crippen molar-refractivity contribution in [3.05, 3.63) is 29.6 Å². The number of ether oxygens (including phenoxy) is 1. The van der Waals surface area contributed by atoms with Crippen LogP contribution in [0.3, 0.4) is 0 Å². The van der Waals surface area contributed by atoms with Gasteiger partial charge in [-0.2, -0.15) is 0 Å². The Balaban J connectivity index is 1.73. The van der Waals surface area contributed by atoms with E-state index in [2.05, 4.69) is 4.98 Å². The van der Waals surface area contributed by atoms with Gasteiger partial charge in [0.2, 0.25) is 0 Å². The first-order valence-corrected chi connectivity index (χ1v) is 5.68. The molecule has 0 radical (unpaired) electrons. The zero-order valence-corrected chi connectivity index (χ0v) is 9.06. The maximum absolute atomic E-state index is 12.1. The predicted octanol–water partition coefficient (Wildman–Crippen LogP) is 1.10. The monoisotopic (exact) mass is 218 g/mol. The zero-order valence-electron chi connectivity index (χ0n) is 9.06. The smallest absolute Gasteiger partial charge is 0.252 e. The molecular weight excluding hydrogens is 204 g/mol. The minimum absolute atomic E-state index is 0.121. The van der Waals surface area contributed by atoms with Crippen LogP contribution < -0.4 is 0 Å². The van der Waals surface area contributed by atoms with Crippen molar-refractivity contribution < 1.29 is 9.53 Å². The first-order valence-electron chi connectivity index (χ1n) is 5.68. The summed E-state index contributed by atoms with van der Waals surface area (Å²) in [6.07, 6.45) is 3.42. The maximum Gasteiger partial charge on any atom is 0.252 e. The van der Waals surface area contributed by atoms with Crippen molar-refractivity contribution in [1.29, 1.82) is 0 Å². The summed E-state index contributed by atoms with van der Waals surface area (Å²) in [5, 5.41) is 0. The molecule has 3 heterocycles. The second-order valence-electron chi connectivity index (χ2n) is 4.31. The van der Waals surface area contributed by atoms with E-state index in [1.807, 2.05) is 17.0 Å². The molecule has 1 aromatic rings. The lowest BCUT2D eigenvalue weighted by atomic mass is 10.2. The molecule has 1 unspecified atom stereocenters. The van der Waals surface area contributed by atoms with Gasteiger partial charge in [-0.05, 0) is 24.5 Å². The van der Waals surface area contributed by atoms with E-state index >= 15 is 0 Å². The van der Waals surface area contributed by atoms with Crippen LogP contribution in [0, 0.1) is 0 Å². The average molecular weight is 218 g/mol. The lowest BCUT2D eigenvalue weighted by Gasteiger charge is -2.18. The minimum Gasteiger partial charge on any atom is -0.368 e. The SMILES string of the molecule is O=C(C1CCCO1)N1Cc2cccnc2C1. The number of fused-ring (bicyclic) bond motifs is 1. The second-order valence-corrected chi connectivity index (χ2v) is 4.31. The number of rotatable bonds is 1. The number of pyridine rings is 1. The van der Waals surface area contributed by atoms with Gasteiger partial charge in [-0.15, -0.1) is 0 Å². The number of hydrogen-bond donors (Lipinski definition) is 0. The molecule has 84 valence electrons. The van der Waals surface area contributed by atoms with Gasteiger partial charge in [0.05, 0.1) is 12.2 Å². The molecule has 0 saturated carbocycles. The lowest BCUT2D eigenvalue weighted by molar-refractivity contribution is -0.141. The van der Waals surface area contributed by atoms with Gasteiger partial charge in [0.25, 0.3) is 5.91 Å². The topological polar surface area (TPSA) is 42.4 Å². The molecule has 1 fully saturated rings. The van der Waals surface area contributed by atoms with E-state index in [1.54, 1.807) is 6.20 Å². The van der Waals surface area contributed by atoms with Crippen molar-refractivity contribution in [2.24, 2.45) is 0 Å². The van der Waals surface area contributed by atoms with Crippen molar-refractivity contribution in [2.75, 3.05) is 6.61 Å². The molecule has 3 rings (SSSR count). The number of aromatic nitrogens is 1. The van der Waals surface area contributed by atoms with Crippen LogP contribution in [0.25, 0.3) is 0 Å². The second kappa shape index (κ2) is 3.87. The van der Waals surface area contributed by atoms with E-state index in [4.69, 9.17) is 4.74 Å². The van der Waals surface area contributed by atoms with Gasteiger partial charge in [-0.3, -0.25) is 9.78 Å². The zero-order chi connectivity index (χ0) is 11.0. The quantitative estimate of drug-likeness (QED) is 0.709. The van der Waals surface area contributed by atoms with E-state index in [0.29, 0.717) is 13.1 Å². The van der Waals surface area contributed by atoms with Crippen molar-refractivity contribution in [3.8, 4) is 0 Å². The highest BCUT2D eigenvalue weighted by Gasteiger charge is 2.31. The van der Waals surface area contributed by atoms with Crippen LogP contribution in [-0.2, 0) is 22.6 Å². The molecule has 2 aliphatic heterocycles. The third-order valence-corrected chi connectivity index (χ3v) is 3.20. The fourth-order valence-electron chi connectivity index (χ4n) is 2.33. The average Bonchev–Trinajstić information content (AvgIpc) is 2.97. The van der Waals surface area contributed by atoms with Crippen LogP contribution in [0.2, 0.25) is 0 Å². The molecular formula is C12H14N2O2.